The third-order valence-corrected chi connectivity index (χ3v) is 4.20. The number of alkyl halides is 6. The zero-order valence-corrected chi connectivity index (χ0v) is 16.9. The van der Waals surface area contributed by atoms with Crippen LogP contribution in [0.15, 0.2) is 24.3 Å². The molecule has 2 rings (SSSR count). The van der Waals surface area contributed by atoms with Crippen molar-refractivity contribution in [3.63, 3.8) is 0 Å². The molecule has 2 aromatic carbocycles. The first-order chi connectivity index (χ1) is 14.6. The molecule has 0 heterocycles. The lowest BCUT2D eigenvalue weighted by Gasteiger charge is -2.11. The molecule has 0 bridgehead atoms. The lowest BCUT2D eigenvalue weighted by atomic mass is 10.1. The first-order valence-electron chi connectivity index (χ1n) is 8.36. The Morgan fingerprint density at radius 2 is 0.969 bits per heavy atom. The smallest absolute Gasteiger partial charge is 0.416 e. The molecule has 32 heavy (non-hydrogen) atoms. The Kier molecular flexibility index (Phi) is 8.02. The van der Waals surface area contributed by atoms with E-state index in [1.807, 2.05) is 0 Å². The number of benzene rings is 2. The molecule has 0 saturated carbocycles. The van der Waals surface area contributed by atoms with E-state index in [2.05, 4.69) is 9.47 Å². The summed E-state index contributed by atoms with van der Waals surface area (Å²) in [7, 11) is 2.32. The molecule has 0 atom stereocenters. The molecule has 0 unspecified atom stereocenters. The number of methoxy groups -OCH3 is 2. The molecular weight excluding hydrogens is 454 g/mol. The molecule has 0 radical (unpaired) electrons. The minimum absolute atomic E-state index is 0.185. The number of hydrogen-bond donors (Lipinski definition) is 0. The van der Waals surface area contributed by atoms with Gasteiger partial charge < -0.3 is 9.47 Å². The molecule has 8 nitrogen and oxygen atoms in total. The Morgan fingerprint density at radius 1 is 0.688 bits per heavy atom. The Labute approximate surface area is 176 Å². The van der Waals surface area contributed by atoms with Crippen molar-refractivity contribution < 1.29 is 45.7 Å². The highest BCUT2D eigenvalue weighted by Gasteiger charge is 2.37. The van der Waals surface area contributed by atoms with Crippen LogP contribution in [-0.4, -0.2) is 24.1 Å². The Balaban J connectivity index is 0.000000320. The van der Waals surface area contributed by atoms with Gasteiger partial charge in [0.2, 0.25) is 0 Å². The van der Waals surface area contributed by atoms with Gasteiger partial charge in [0.25, 0.3) is 0 Å². The second kappa shape index (κ2) is 9.70. The molecule has 176 valence electrons. The first kappa shape index (κ1) is 26.5. The maximum Gasteiger partial charge on any atom is 0.416 e. The maximum absolute atomic E-state index is 12.5. The third-order valence-electron chi connectivity index (χ3n) is 4.20. The van der Waals surface area contributed by atoms with Crippen molar-refractivity contribution in [1.82, 2.24) is 0 Å². The molecule has 0 aliphatic heterocycles. The third kappa shape index (κ3) is 5.76. The Bertz CT molecular complexity index is 939. The minimum atomic E-state index is -4.61. The van der Waals surface area contributed by atoms with Crippen LogP contribution in [0.4, 0.5) is 37.7 Å². The van der Waals surface area contributed by atoms with Crippen LogP contribution in [-0.2, 0) is 12.4 Å². The van der Waals surface area contributed by atoms with Crippen LogP contribution in [0.5, 0.6) is 11.5 Å². The highest BCUT2D eigenvalue weighted by Crippen LogP contribution is 2.41. The van der Waals surface area contributed by atoms with E-state index in [9.17, 15) is 46.6 Å². The molecule has 0 N–H and O–H groups in total. The van der Waals surface area contributed by atoms with Crippen molar-refractivity contribution in [1.29, 1.82) is 0 Å². The van der Waals surface area contributed by atoms with Gasteiger partial charge in [-0.25, -0.2) is 0 Å². The summed E-state index contributed by atoms with van der Waals surface area (Å²) < 4.78 is 84.1. The van der Waals surface area contributed by atoms with Gasteiger partial charge in [-0.1, -0.05) is 0 Å². The number of nitro groups is 2. The molecule has 0 saturated heterocycles. The number of halogens is 6. The van der Waals surface area contributed by atoms with E-state index in [-0.39, 0.29) is 11.5 Å². The topological polar surface area (TPSA) is 105 Å². The summed E-state index contributed by atoms with van der Waals surface area (Å²) in [5, 5.41) is 21.3. The van der Waals surface area contributed by atoms with Gasteiger partial charge in [0.1, 0.15) is 0 Å². The molecule has 0 fully saturated rings. The highest BCUT2D eigenvalue weighted by atomic mass is 19.4. The van der Waals surface area contributed by atoms with Gasteiger partial charge in [0.15, 0.2) is 11.5 Å². The van der Waals surface area contributed by atoms with E-state index < -0.39 is 55.8 Å². The van der Waals surface area contributed by atoms with Gasteiger partial charge in [0.05, 0.1) is 35.2 Å². The Morgan fingerprint density at radius 3 is 1.16 bits per heavy atom. The van der Waals surface area contributed by atoms with Crippen LogP contribution in [0.3, 0.4) is 0 Å². The lowest BCUT2D eigenvalue weighted by molar-refractivity contribution is -0.386. The van der Waals surface area contributed by atoms with Crippen molar-refractivity contribution in [2.24, 2.45) is 0 Å². The molecule has 14 heteroatoms. The van der Waals surface area contributed by atoms with E-state index in [0.717, 1.165) is 52.3 Å². The largest absolute Gasteiger partial charge is 0.490 e. The predicted molar refractivity (Wildman–Crippen MR) is 98.8 cm³/mol. The number of hydrogen-bond acceptors (Lipinski definition) is 6. The fraction of sp³-hybridized carbons (Fsp3) is 0.333. The zero-order chi connectivity index (χ0) is 25.0. The van der Waals surface area contributed by atoms with Gasteiger partial charge in [-0.15, -0.1) is 0 Å². The van der Waals surface area contributed by atoms with E-state index >= 15 is 0 Å². The first-order valence-corrected chi connectivity index (χ1v) is 8.36. The molecule has 0 aromatic heterocycles. The summed E-state index contributed by atoms with van der Waals surface area (Å²) in [4.78, 5) is 19.5. The minimum Gasteiger partial charge on any atom is -0.490 e. The van der Waals surface area contributed by atoms with Crippen LogP contribution in [0.1, 0.15) is 22.3 Å². The van der Waals surface area contributed by atoms with Crippen LogP contribution >= 0.6 is 0 Å². The molecule has 0 spiro atoms. The zero-order valence-electron chi connectivity index (χ0n) is 16.9. The molecule has 2 aromatic rings. The summed E-state index contributed by atoms with van der Waals surface area (Å²) >= 11 is 0. The van der Waals surface area contributed by atoms with Gasteiger partial charge >= 0.3 is 23.7 Å². The lowest BCUT2D eigenvalue weighted by Crippen LogP contribution is -2.09. The molecule has 0 amide bonds. The fourth-order valence-corrected chi connectivity index (χ4v) is 2.75. The van der Waals surface area contributed by atoms with Crippen LogP contribution in [0.25, 0.3) is 0 Å². The molecule has 0 aliphatic carbocycles. The van der Waals surface area contributed by atoms with Crippen molar-refractivity contribution in [2.45, 2.75) is 26.2 Å². The van der Waals surface area contributed by atoms with Crippen LogP contribution < -0.4 is 9.47 Å². The Hall–Kier alpha value is -3.58. The summed E-state index contributed by atoms with van der Waals surface area (Å²) in [5.74, 6) is -0.369. The maximum atomic E-state index is 12.5. The van der Waals surface area contributed by atoms with Crippen molar-refractivity contribution in [3.8, 4) is 11.5 Å². The van der Waals surface area contributed by atoms with E-state index in [4.69, 9.17) is 0 Å². The van der Waals surface area contributed by atoms with E-state index in [0.29, 0.717) is 0 Å². The van der Waals surface area contributed by atoms with Gasteiger partial charge in [-0.05, 0) is 38.1 Å². The summed E-state index contributed by atoms with van der Waals surface area (Å²) in [6.07, 6.45) is -9.22. The van der Waals surface area contributed by atoms with E-state index in [1.54, 1.807) is 0 Å². The average Bonchev–Trinajstić information content (AvgIpc) is 2.64. The van der Waals surface area contributed by atoms with Crippen LogP contribution in [0.2, 0.25) is 0 Å². The molecular formula is C18H16F6N2O6. The van der Waals surface area contributed by atoms with Crippen molar-refractivity contribution in [3.05, 3.63) is 66.7 Å². The van der Waals surface area contributed by atoms with Gasteiger partial charge in [-0.2, -0.15) is 26.3 Å². The SMILES string of the molecule is COc1ccc(C(F)(F)F)c(C)c1[N+](=O)[O-].COc1ccc(C(F)(F)F)c(C)c1[N+](=O)[O-]. The number of nitro benzene ring substituents is 2. The summed E-state index contributed by atoms with van der Waals surface area (Å²) in [6.45, 7) is 2.09. The normalized spacial score (nSPS) is 11.3. The standard InChI is InChI=1S/2C9H8F3NO3/c2*1-5-6(9(10,11)12)3-4-7(16-2)8(5)13(14)15/h2*3-4H,1-2H3. The second-order valence-electron chi connectivity index (χ2n) is 6.09. The number of rotatable bonds is 4. The summed E-state index contributed by atoms with van der Waals surface area (Å²) in [5.41, 5.74) is -4.26. The second-order valence-corrected chi connectivity index (χ2v) is 6.09. The van der Waals surface area contributed by atoms with Crippen molar-refractivity contribution >= 4 is 11.4 Å². The van der Waals surface area contributed by atoms with Crippen molar-refractivity contribution in [2.75, 3.05) is 14.2 Å². The highest BCUT2D eigenvalue weighted by molar-refractivity contribution is 5.57. The van der Waals surface area contributed by atoms with Gasteiger partial charge in [0, 0.05) is 11.1 Å². The summed E-state index contributed by atoms with van der Waals surface area (Å²) in [6, 6.07) is 3.41. The molecule has 0 aliphatic rings. The average molecular weight is 470 g/mol. The fourth-order valence-electron chi connectivity index (χ4n) is 2.75. The number of ether oxygens (including phenoxy) is 2. The predicted octanol–water partition coefficient (Wildman–Crippen LogP) is 5.86. The number of nitrogens with zero attached hydrogens (tertiary/aromatic N) is 2. The van der Waals surface area contributed by atoms with E-state index in [1.165, 1.54) is 0 Å². The van der Waals surface area contributed by atoms with Crippen LogP contribution in [0, 0.1) is 34.1 Å². The van der Waals surface area contributed by atoms with Gasteiger partial charge in [-0.3, -0.25) is 20.2 Å². The quantitative estimate of drug-likeness (QED) is 0.315. The monoisotopic (exact) mass is 470 g/mol.